The molecule has 0 saturated heterocycles. The van der Waals surface area contributed by atoms with Crippen molar-refractivity contribution in [1.82, 2.24) is 0 Å². The molecule has 0 saturated carbocycles. The fourth-order valence-electron chi connectivity index (χ4n) is 1.71. The zero-order valence-electron chi connectivity index (χ0n) is 9.65. The van der Waals surface area contributed by atoms with Crippen LogP contribution in [0.4, 0.5) is 13.2 Å². The van der Waals surface area contributed by atoms with Gasteiger partial charge in [-0.15, -0.1) is 0 Å². The second kappa shape index (κ2) is 5.50. The molecule has 1 heterocycles. The van der Waals surface area contributed by atoms with Gasteiger partial charge in [-0.2, -0.15) is 13.2 Å². The molecule has 1 aromatic carbocycles. The number of oxime groups is 1. The van der Waals surface area contributed by atoms with Crippen LogP contribution < -0.4 is 0 Å². The van der Waals surface area contributed by atoms with Crippen LogP contribution in [0, 0.1) is 0 Å². The van der Waals surface area contributed by atoms with Crippen molar-refractivity contribution < 1.29 is 18.0 Å². The summed E-state index contributed by atoms with van der Waals surface area (Å²) < 4.78 is 37.8. The largest absolute Gasteiger partial charge is 0.416 e. The van der Waals surface area contributed by atoms with Gasteiger partial charge < -0.3 is 4.84 Å². The van der Waals surface area contributed by atoms with Crippen LogP contribution >= 0.6 is 12.2 Å². The zero-order valence-corrected chi connectivity index (χ0v) is 10.5. The lowest BCUT2D eigenvalue weighted by atomic mass is 10.0. The monoisotopic (exact) mass is 286 g/mol. The van der Waals surface area contributed by atoms with E-state index < -0.39 is 11.7 Å². The Bertz CT molecular complexity index is 550. The van der Waals surface area contributed by atoms with Crippen LogP contribution in [0.3, 0.4) is 0 Å². The van der Waals surface area contributed by atoms with Crippen molar-refractivity contribution in [3.8, 4) is 0 Å². The van der Waals surface area contributed by atoms with Crippen molar-refractivity contribution in [2.45, 2.75) is 18.7 Å². The van der Waals surface area contributed by atoms with Crippen molar-refractivity contribution in [1.29, 1.82) is 0 Å². The predicted octanol–water partition coefficient (Wildman–Crippen LogP) is 3.30. The first-order valence-electron chi connectivity index (χ1n) is 5.44. The molecular formula is C12H9F3N2OS. The van der Waals surface area contributed by atoms with Gasteiger partial charge in [0.2, 0.25) is 0 Å². The molecule has 3 nitrogen and oxygen atoms in total. The van der Waals surface area contributed by atoms with Crippen LogP contribution in [0.25, 0.3) is 0 Å². The van der Waals surface area contributed by atoms with Crippen LogP contribution in [0.15, 0.2) is 34.4 Å². The normalized spacial score (nSPS) is 18.5. The fraction of sp³-hybridized carbons (Fsp3) is 0.333. The Labute approximate surface area is 112 Å². The SMILES string of the molecule is FC(F)(F)c1cccc(C2=NOC(CN=C=S)C2)c1. The Morgan fingerprint density at radius 3 is 2.95 bits per heavy atom. The third kappa shape index (κ3) is 3.39. The molecule has 1 aliphatic rings. The summed E-state index contributed by atoms with van der Waals surface area (Å²) in [6.45, 7) is 0.301. The quantitative estimate of drug-likeness (QED) is 0.631. The highest BCUT2D eigenvalue weighted by Crippen LogP contribution is 2.30. The van der Waals surface area contributed by atoms with Crippen LogP contribution in [0.2, 0.25) is 0 Å². The number of hydrogen-bond acceptors (Lipinski definition) is 4. The topological polar surface area (TPSA) is 34.0 Å². The highest BCUT2D eigenvalue weighted by atomic mass is 32.1. The van der Waals surface area contributed by atoms with Gasteiger partial charge in [-0.1, -0.05) is 17.3 Å². The summed E-state index contributed by atoms with van der Waals surface area (Å²) >= 11 is 4.43. The number of halogens is 3. The first-order chi connectivity index (χ1) is 9.00. The molecule has 0 fully saturated rings. The van der Waals surface area contributed by atoms with Gasteiger partial charge >= 0.3 is 6.18 Å². The van der Waals surface area contributed by atoms with E-state index >= 15 is 0 Å². The van der Waals surface area contributed by atoms with Gasteiger partial charge in [0.15, 0.2) is 6.10 Å². The average Bonchev–Trinajstić information content (AvgIpc) is 2.84. The minimum absolute atomic E-state index is 0.292. The molecule has 0 N–H and O–H groups in total. The number of benzene rings is 1. The van der Waals surface area contributed by atoms with Crippen LogP contribution in [-0.4, -0.2) is 23.5 Å². The van der Waals surface area contributed by atoms with Crippen molar-refractivity contribution >= 4 is 23.1 Å². The van der Waals surface area contributed by atoms with Crippen LogP contribution in [0.5, 0.6) is 0 Å². The predicted molar refractivity (Wildman–Crippen MR) is 67.4 cm³/mol. The van der Waals surface area contributed by atoms with Crippen molar-refractivity contribution in [2.75, 3.05) is 6.54 Å². The molecule has 2 rings (SSSR count). The van der Waals surface area contributed by atoms with Crippen molar-refractivity contribution in [3.63, 3.8) is 0 Å². The molecule has 0 radical (unpaired) electrons. The number of aliphatic imine (C=N–C) groups is 1. The molecule has 1 unspecified atom stereocenters. The van der Waals surface area contributed by atoms with Gasteiger partial charge in [0.1, 0.15) is 0 Å². The third-order valence-electron chi connectivity index (χ3n) is 2.62. The molecule has 7 heteroatoms. The molecule has 1 atom stereocenters. The number of alkyl halides is 3. The minimum Gasteiger partial charge on any atom is -0.390 e. The second-order valence-corrected chi connectivity index (χ2v) is 4.16. The van der Waals surface area contributed by atoms with Gasteiger partial charge in [-0.05, 0) is 24.4 Å². The number of isothiocyanates is 1. The Morgan fingerprint density at radius 1 is 1.47 bits per heavy atom. The smallest absolute Gasteiger partial charge is 0.390 e. The molecule has 0 spiro atoms. The van der Waals surface area contributed by atoms with E-state index in [4.69, 9.17) is 4.84 Å². The van der Waals surface area contributed by atoms with E-state index in [2.05, 4.69) is 27.5 Å². The molecule has 0 aliphatic carbocycles. The van der Waals surface area contributed by atoms with Gasteiger partial charge in [0.25, 0.3) is 0 Å². The molecular weight excluding hydrogens is 277 g/mol. The number of hydrogen-bond donors (Lipinski definition) is 0. The van der Waals surface area contributed by atoms with Crippen molar-refractivity contribution in [2.24, 2.45) is 10.1 Å². The Balaban J connectivity index is 2.14. The Morgan fingerprint density at radius 2 is 2.26 bits per heavy atom. The third-order valence-corrected chi connectivity index (χ3v) is 2.74. The highest BCUT2D eigenvalue weighted by molar-refractivity contribution is 7.78. The van der Waals surface area contributed by atoms with Crippen molar-refractivity contribution in [3.05, 3.63) is 35.4 Å². The molecule has 0 aromatic heterocycles. The summed E-state index contributed by atoms with van der Waals surface area (Å²) in [7, 11) is 0. The summed E-state index contributed by atoms with van der Waals surface area (Å²) in [4.78, 5) is 8.80. The number of nitrogens with zero attached hydrogens (tertiary/aromatic N) is 2. The van der Waals surface area contributed by atoms with E-state index in [1.54, 1.807) is 6.07 Å². The van der Waals surface area contributed by atoms with E-state index in [1.165, 1.54) is 6.07 Å². The van der Waals surface area contributed by atoms with E-state index in [-0.39, 0.29) is 6.10 Å². The molecule has 1 aliphatic heterocycles. The lowest BCUT2D eigenvalue weighted by Gasteiger charge is -2.08. The Hall–Kier alpha value is -1.72. The maximum atomic E-state index is 12.6. The maximum absolute atomic E-state index is 12.6. The standard InChI is InChI=1S/C12H9F3N2OS/c13-12(14,15)9-3-1-2-8(4-9)11-5-10(18-17-11)6-16-7-19/h1-4,10H,5-6H2. The van der Waals surface area contributed by atoms with Crippen LogP contribution in [-0.2, 0) is 11.0 Å². The summed E-state index contributed by atoms with van der Waals surface area (Å²) in [6.07, 6.45) is -4.25. The molecule has 19 heavy (non-hydrogen) atoms. The summed E-state index contributed by atoms with van der Waals surface area (Å²) in [5.74, 6) is 0. The lowest BCUT2D eigenvalue weighted by Crippen LogP contribution is -2.12. The summed E-state index contributed by atoms with van der Waals surface area (Å²) in [5.41, 5.74) is 0.187. The average molecular weight is 286 g/mol. The zero-order chi connectivity index (χ0) is 13.9. The van der Waals surface area contributed by atoms with Gasteiger partial charge in [0.05, 0.1) is 23.0 Å². The molecule has 1 aromatic rings. The highest BCUT2D eigenvalue weighted by Gasteiger charge is 2.31. The van der Waals surface area contributed by atoms with Gasteiger partial charge in [-0.25, -0.2) is 4.99 Å². The lowest BCUT2D eigenvalue weighted by molar-refractivity contribution is -0.137. The van der Waals surface area contributed by atoms with Gasteiger partial charge in [0, 0.05) is 12.0 Å². The first kappa shape index (κ1) is 13.7. The minimum atomic E-state index is -4.36. The maximum Gasteiger partial charge on any atom is 0.416 e. The van der Waals surface area contributed by atoms with Gasteiger partial charge in [-0.3, -0.25) is 0 Å². The van der Waals surface area contributed by atoms with E-state index in [9.17, 15) is 13.2 Å². The van der Waals surface area contributed by atoms with E-state index in [1.807, 2.05) is 0 Å². The molecule has 0 bridgehead atoms. The Kier molecular flexibility index (Phi) is 3.97. The fourth-order valence-corrected chi connectivity index (χ4v) is 1.79. The first-order valence-corrected chi connectivity index (χ1v) is 5.85. The van der Waals surface area contributed by atoms with Crippen LogP contribution in [0.1, 0.15) is 17.5 Å². The molecule has 100 valence electrons. The number of thiocarbonyl (C=S) groups is 1. The van der Waals surface area contributed by atoms with E-state index in [0.717, 1.165) is 12.1 Å². The summed E-state index contributed by atoms with van der Waals surface area (Å²) in [6, 6.07) is 5.01. The number of rotatable bonds is 3. The van der Waals surface area contributed by atoms with E-state index in [0.29, 0.717) is 24.2 Å². The summed E-state index contributed by atoms with van der Waals surface area (Å²) in [5, 5.41) is 6.00. The second-order valence-electron chi connectivity index (χ2n) is 3.98. The molecule has 0 amide bonds.